The fourth-order valence-electron chi connectivity index (χ4n) is 2.08. The van der Waals surface area contributed by atoms with Crippen LogP contribution in [0.2, 0.25) is 0 Å². The number of nitrogens with one attached hydrogen (secondary N) is 2. The van der Waals surface area contributed by atoms with E-state index in [1.165, 1.54) is 7.11 Å². The third-order valence-corrected chi connectivity index (χ3v) is 3.02. The highest BCUT2D eigenvalue weighted by molar-refractivity contribution is 6.04. The number of methoxy groups -OCH3 is 1. The fourth-order valence-corrected chi connectivity index (χ4v) is 2.08. The van der Waals surface area contributed by atoms with Crippen molar-refractivity contribution in [3.63, 3.8) is 0 Å². The van der Waals surface area contributed by atoms with Gasteiger partial charge in [0.2, 0.25) is 0 Å². The van der Waals surface area contributed by atoms with Gasteiger partial charge in [0.25, 0.3) is 0 Å². The van der Waals surface area contributed by atoms with Crippen LogP contribution in [0.3, 0.4) is 0 Å². The Hall–Kier alpha value is -2.78. The normalized spacial score (nSPS) is 11.7. The Balaban J connectivity index is 2.62. The SMILES string of the molecule is COC(=O)/C(C#N)=C(\NCCO)c1c[nH]c2ccccc12. The Morgan fingerprint density at radius 2 is 2.24 bits per heavy atom. The zero-order valence-electron chi connectivity index (χ0n) is 11.5. The van der Waals surface area contributed by atoms with Crippen LogP contribution < -0.4 is 5.32 Å². The monoisotopic (exact) mass is 285 g/mol. The first-order valence-corrected chi connectivity index (χ1v) is 6.36. The maximum Gasteiger partial charge on any atom is 0.350 e. The fraction of sp³-hybridized carbons (Fsp3) is 0.200. The number of aliphatic hydroxyl groups is 1. The first kappa shape index (κ1) is 14.6. The summed E-state index contributed by atoms with van der Waals surface area (Å²) in [4.78, 5) is 14.8. The van der Waals surface area contributed by atoms with E-state index in [2.05, 4.69) is 15.0 Å². The predicted molar refractivity (Wildman–Crippen MR) is 77.9 cm³/mol. The average molecular weight is 285 g/mol. The molecule has 0 aliphatic rings. The topological polar surface area (TPSA) is 98.1 Å². The number of aliphatic hydroxyl groups excluding tert-OH is 1. The molecule has 1 heterocycles. The predicted octanol–water partition coefficient (Wildman–Crippen LogP) is 1.16. The van der Waals surface area contributed by atoms with Crippen molar-refractivity contribution in [1.82, 2.24) is 10.3 Å². The number of ether oxygens (including phenoxy) is 1. The summed E-state index contributed by atoms with van der Waals surface area (Å²) < 4.78 is 4.64. The quantitative estimate of drug-likeness (QED) is 0.435. The number of esters is 1. The molecule has 108 valence electrons. The van der Waals surface area contributed by atoms with Crippen molar-refractivity contribution in [1.29, 1.82) is 5.26 Å². The van der Waals surface area contributed by atoms with Crippen molar-refractivity contribution in [3.8, 4) is 6.07 Å². The van der Waals surface area contributed by atoms with E-state index in [1.54, 1.807) is 6.20 Å². The second-order valence-corrected chi connectivity index (χ2v) is 4.25. The van der Waals surface area contributed by atoms with Crippen molar-refractivity contribution >= 4 is 22.6 Å². The van der Waals surface area contributed by atoms with Gasteiger partial charge >= 0.3 is 5.97 Å². The van der Waals surface area contributed by atoms with Crippen LogP contribution in [0.5, 0.6) is 0 Å². The van der Waals surface area contributed by atoms with Crippen molar-refractivity contribution in [3.05, 3.63) is 41.6 Å². The van der Waals surface area contributed by atoms with Crippen LogP contribution >= 0.6 is 0 Å². The Kier molecular flexibility index (Phi) is 4.59. The molecule has 0 atom stereocenters. The third kappa shape index (κ3) is 2.88. The number of hydrogen-bond donors (Lipinski definition) is 3. The average Bonchev–Trinajstić information content (AvgIpc) is 2.94. The lowest BCUT2D eigenvalue weighted by Crippen LogP contribution is -2.20. The molecule has 2 aromatic rings. The Morgan fingerprint density at radius 1 is 1.48 bits per heavy atom. The summed E-state index contributed by atoms with van der Waals surface area (Å²) >= 11 is 0. The minimum Gasteiger partial charge on any atom is -0.465 e. The third-order valence-electron chi connectivity index (χ3n) is 3.02. The largest absolute Gasteiger partial charge is 0.465 e. The summed E-state index contributed by atoms with van der Waals surface area (Å²) in [6.07, 6.45) is 1.71. The molecule has 2 rings (SSSR count). The van der Waals surface area contributed by atoms with Crippen molar-refractivity contribution in [2.45, 2.75) is 0 Å². The molecule has 3 N–H and O–H groups in total. The van der Waals surface area contributed by atoms with Crippen LogP contribution in [-0.4, -0.2) is 36.3 Å². The number of hydrogen-bond acceptors (Lipinski definition) is 5. The molecule has 1 aromatic carbocycles. The van der Waals surface area contributed by atoms with E-state index >= 15 is 0 Å². The van der Waals surface area contributed by atoms with Crippen LogP contribution in [0.1, 0.15) is 5.56 Å². The van der Waals surface area contributed by atoms with E-state index in [0.29, 0.717) is 11.3 Å². The maximum absolute atomic E-state index is 11.8. The molecule has 0 aliphatic carbocycles. The molecule has 0 bridgehead atoms. The number of H-pyrrole nitrogens is 1. The number of nitriles is 1. The number of benzene rings is 1. The van der Waals surface area contributed by atoms with E-state index in [9.17, 15) is 10.1 Å². The van der Waals surface area contributed by atoms with Gasteiger partial charge in [0, 0.05) is 29.2 Å². The molecule has 0 amide bonds. The zero-order chi connectivity index (χ0) is 15.2. The second-order valence-electron chi connectivity index (χ2n) is 4.25. The molecule has 0 unspecified atom stereocenters. The molecule has 0 radical (unpaired) electrons. The smallest absolute Gasteiger partial charge is 0.350 e. The lowest BCUT2D eigenvalue weighted by molar-refractivity contribution is -0.135. The van der Waals surface area contributed by atoms with Gasteiger partial charge in [0.15, 0.2) is 5.57 Å². The van der Waals surface area contributed by atoms with E-state index in [-0.39, 0.29) is 18.7 Å². The number of aromatic amines is 1. The van der Waals surface area contributed by atoms with E-state index in [4.69, 9.17) is 5.11 Å². The van der Waals surface area contributed by atoms with Crippen LogP contribution in [0.25, 0.3) is 16.6 Å². The van der Waals surface area contributed by atoms with Gasteiger partial charge in [-0.2, -0.15) is 5.26 Å². The molecule has 0 saturated heterocycles. The van der Waals surface area contributed by atoms with E-state index in [1.807, 2.05) is 30.3 Å². The van der Waals surface area contributed by atoms with E-state index in [0.717, 1.165) is 10.9 Å². The first-order valence-electron chi connectivity index (χ1n) is 6.36. The summed E-state index contributed by atoms with van der Waals surface area (Å²) in [5.74, 6) is -0.719. The molecule has 6 nitrogen and oxygen atoms in total. The number of fused-ring (bicyclic) bond motifs is 1. The molecular weight excluding hydrogens is 270 g/mol. The summed E-state index contributed by atoms with van der Waals surface area (Å²) in [7, 11) is 1.22. The van der Waals surface area contributed by atoms with Crippen molar-refractivity contribution in [2.75, 3.05) is 20.3 Å². The lowest BCUT2D eigenvalue weighted by atomic mass is 10.1. The molecule has 0 aliphatic heterocycles. The molecule has 1 aromatic heterocycles. The molecule has 0 spiro atoms. The standard InChI is InChI=1S/C15H15N3O3/c1-21-15(20)11(8-16)14(17-6-7-19)12-9-18-13-5-3-2-4-10(12)13/h2-5,9,17-19H,6-7H2,1H3/b14-11-. The number of aromatic nitrogens is 1. The Morgan fingerprint density at radius 3 is 2.90 bits per heavy atom. The van der Waals surface area contributed by atoms with Gasteiger partial charge in [-0.25, -0.2) is 4.79 Å². The van der Waals surface area contributed by atoms with Gasteiger partial charge in [-0.15, -0.1) is 0 Å². The molecule has 21 heavy (non-hydrogen) atoms. The lowest BCUT2D eigenvalue weighted by Gasteiger charge is -2.11. The Labute approximate surface area is 121 Å². The van der Waals surface area contributed by atoms with Gasteiger partial charge in [0.1, 0.15) is 6.07 Å². The summed E-state index contributed by atoms with van der Waals surface area (Å²) in [6, 6.07) is 9.40. The van der Waals surface area contributed by atoms with Crippen molar-refractivity contribution in [2.24, 2.45) is 0 Å². The highest BCUT2D eigenvalue weighted by Crippen LogP contribution is 2.25. The first-order chi connectivity index (χ1) is 10.2. The summed E-state index contributed by atoms with van der Waals surface area (Å²) in [6.45, 7) is 0.1000. The summed E-state index contributed by atoms with van der Waals surface area (Å²) in [5.41, 5.74) is 1.78. The number of rotatable bonds is 5. The number of nitrogens with zero attached hydrogens (tertiary/aromatic N) is 1. The highest BCUT2D eigenvalue weighted by Gasteiger charge is 2.19. The van der Waals surface area contributed by atoms with E-state index < -0.39 is 5.97 Å². The minimum absolute atomic E-state index is 0.119. The second kappa shape index (κ2) is 6.59. The summed E-state index contributed by atoms with van der Waals surface area (Å²) in [5, 5.41) is 22.0. The van der Waals surface area contributed by atoms with Crippen molar-refractivity contribution < 1.29 is 14.6 Å². The number of carbonyl (C=O) groups excluding carboxylic acids is 1. The maximum atomic E-state index is 11.8. The molecule has 6 heteroatoms. The molecule has 0 fully saturated rings. The highest BCUT2D eigenvalue weighted by atomic mass is 16.5. The van der Waals surface area contributed by atoms with Crippen LogP contribution in [-0.2, 0) is 9.53 Å². The minimum atomic E-state index is -0.719. The van der Waals surface area contributed by atoms with Gasteiger partial charge in [0.05, 0.1) is 19.4 Å². The molecular formula is C15H15N3O3. The Bertz CT molecular complexity index is 725. The number of para-hydroxylation sites is 1. The van der Waals surface area contributed by atoms with Gasteiger partial charge < -0.3 is 20.1 Å². The van der Waals surface area contributed by atoms with Gasteiger partial charge in [-0.3, -0.25) is 0 Å². The van der Waals surface area contributed by atoms with Crippen LogP contribution in [0, 0.1) is 11.3 Å². The molecule has 0 saturated carbocycles. The zero-order valence-corrected chi connectivity index (χ0v) is 11.5. The van der Waals surface area contributed by atoms with Crippen LogP contribution in [0.4, 0.5) is 0 Å². The number of carbonyl (C=O) groups is 1. The van der Waals surface area contributed by atoms with Gasteiger partial charge in [-0.1, -0.05) is 18.2 Å². The van der Waals surface area contributed by atoms with Gasteiger partial charge in [-0.05, 0) is 6.07 Å². The van der Waals surface area contributed by atoms with Crippen LogP contribution in [0.15, 0.2) is 36.0 Å².